The van der Waals surface area contributed by atoms with E-state index in [1.165, 1.54) is 0 Å². The van der Waals surface area contributed by atoms with Crippen molar-refractivity contribution in [2.45, 2.75) is 12.7 Å². The fraction of sp³-hybridized carbons (Fsp3) is 0.625. The molecule has 2 N–H and O–H groups in total. The highest BCUT2D eigenvalue weighted by molar-refractivity contribution is 6.30. The number of nitrogens with zero attached hydrogens (tertiary/aromatic N) is 2. The highest BCUT2D eigenvalue weighted by Gasteiger charge is 2.18. The van der Waals surface area contributed by atoms with Crippen LogP contribution in [0.4, 0.5) is 0 Å². The van der Waals surface area contributed by atoms with Crippen molar-refractivity contribution in [2.75, 3.05) is 52.5 Å². The van der Waals surface area contributed by atoms with E-state index in [-0.39, 0.29) is 31.4 Å². The Balaban J connectivity index is 0.00000264. The van der Waals surface area contributed by atoms with Gasteiger partial charge in [0, 0.05) is 44.3 Å². The summed E-state index contributed by atoms with van der Waals surface area (Å²) in [6, 6.07) is 7.52. The molecule has 1 aromatic carbocycles. The molecule has 2 rings (SSSR count). The molecule has 1 aromatic rings. The van der Waals surface area contributed by atoms with Gasteiger partial charge in [0.25, 0.3) is 0 Å². The molecule has 0 amide bonds. The van der Waals surface area contributed by atoms with Crippen molar-refractivity contribution in [2.24, 2.45) is 0 Å². The number of β-amino-alcohol motifs (C(OH)–C–C–N with tert-alkyl or cyclic N) is 2. The first-order valence-corrected chi connectivity index (χ1v) is 8.11. The minimum absolute atomic E-state index is 0. The largest absolute Gasteiger partial charge is 1.00 e. The van der Waals surface area contributed by atoms with Crippen LogP contribution in [0.1, 0.15) is 5.56 Å². The SMILES string of the molecule is OCCN1CCN(CC(O)COCc2ccc(Cl)cc2)CC1.[Cl-].[Cl-]. The molecule has 0 spiro atoms. The lowest BCUT2D eigenvalue weighted by Crippen LogP contribution is -3.00. The Morgan fingerprint density at radius 3 is 2.21 bits per heavy atom. The molecule has 5 nitrogen and oxygen atoms in total. The standard InChI is InChI=1S/C16H25ClN2O3.2ClH/c17-15-3-1-14(2-4-15)12-22-13-16(21)11-19-7-5-18(6-8-19)9-10-20;;/h1-4,16,20-21H,5-13H2;2*1H/p-2. The van der Waals surface area contributed by atoms with E-state index < -0.39 is 6.10 Å². The van der Waals surface area contributed by atoms with Crippen LogP contribution in [0.3, 0.4) is 0 Å². The first kappa shape index (κ1) is 23.9. The van der Waals surface area contributed by atoms with E-state index in [1.807, 2.05) is 24.3 Å². The summed E-state index contributed by atoms with van der Waals surface area (Å²) in [6.07, 6.45) is -0.475. The third-order valence-electron chi connectivity index (χ3n) is 3.84. The average Bonchev–Trinajstić information content (AvgIpc) is 2.51. The highest BCUT2D eigenvalue weighted by Crippen LogP contribution is 2.10. The predicted molar refractivity (Wildman–Crippen MR) is 87.1 cm³/mol. The van der Waals surface area contributed by atoms with E-state index in [2.05, 4.69) is 9.80 Å². The monoisotopic (exact) mass is 398 g/mol. The van der Waals surface area contributed by atoms with Gasteiger partial charge in [0.15, 0.2) is 0 Å². The summed E-state index contributed by atoms with van der Waals surface area (Å²) in [5, 5.41) is 19.7. The summed E-state index contributed by atoms with van der Waals surface area (Å²) in [4.78, 5) is 4.48. The molecule has 1 saturated heterocycles. The summed E-state index contributed by atoms with van der Waals surface area (Å²) in [5.41, 5.74) is 1.05. The molecule has 1 heterocycles. The molecule has 24 heavy (non-hydrogen) atoms. The molecule has 1 fully saturated rings. The van der Waals surface area contributed by atoms with E-state index in [1.54, 1.807) is 0 Å². The van der Waals surface area contributed by atoms with Crippen LogP contribution < -0.4 is 24.8 Å². The zero-order valence-corrected chi connectivity index (χ0v) is 15.8. The Bertz CT molecular complexity index is 429. The van der Waals surface area contributed by atoms with Gasteiger partial charge in [-0.1, -0.05) is 23.7 Å². The van der Waals surface area contributed by atoms with Crippen molar-refractivity contribution in [3.05, 3.63) is 34.9 Å². The van der Waals surface area contributed by atoms with Gasteiger partial charge in [-0.05, 0) is 17.7 Å². The zero-order chi connectivity index (χ0) is 15.8. The van der Waals surface area contributed by atoms with Crippen molar-refractivity contribution in [3.8, 4) is 0 Å². The van der Waals surface area contributed by atoms with Gasteiger partial charge in [-0.3, -0.25) is 9.80 Å². The van der Waals surface area contributed by atoms with Crippen molar-refractivity contribution < 1.29 is 39.8 Å². The summed E-state index contributed by atoms with van der Waals surface area (Å²) >= 11 is 5.83. The number of halogens is 3. The highest BCUT2D eigenvalue weighted by atomic mass is 35.5. The van der Waals surface area contributed by atoms with E-state index in [4.69, 9.17) is 21.4 Å². The molecule has 0 saturated carbocycles. The van der Waals surface area contributed by atoms with Gasteiger partial charge < -0.3 is 39.8 Å². The first-order chi connectivity index (χ1) is 10.7. The third-order valence-corrected chi connectivity index (χ3v) is 4.09. The third kappa shape index (κ3) is 8.83. The van der Waals surface area contributed by atoms with Crippen molar-refractivity contribution in [1.29, 1.82) is 0 Å². The Kier molecular flexibility index (Phi) is 13.1. The fourth-order valence-electron chi connectivity index (χ4n) is 2.58. The summed E-state index contributed by atoms with van der Waals surface area (Å²) in [6.45, 7) is 6.13. The van der Waals surface area contributed by atoms with Crippen molar-refractivity contribution in [3.63, 3.8) is 0 Å². The Labute approximate surface area is 161 Å². The summed E-state index contributed by atoms with van der Waals surface area (Å²) < 4.78 is 5.56. The number of rotatable bonds is 8. The molecule has 0 radical (unpaired) electrons. The Hall–Kier alpha value is -0.110. The van der Waals surface area contributed by atoms with Crippen LogP contribution in [0.5, 0.6) is 0 Å². The molecule has 1 unspecified atom stereocenters. The number of ether oxygens (including phenoxy) is 1. The number of piperazine rings is 1. The van der Waals surface area contributed by atoms with Crippen LogP contribution in [0.25, 0.3) is 0 Å². The van der Waals surface area contributed by atoms with Crippen LogP contribution in [0, 0.1) is 0 Å². The van der Waals surface area contributed by atoms with Crippen LogP contribution in [-0.2, 0) is 11.3 Å². The smallest absolute Gasteiger partial charge is 0.0900 e. The topological polar surface area (TPSA) is 56.2 Å². The lowest BCUT2D eigenvalue weighted by atomic mass is 10.2. The van der Waals surface area contributed by atoms with Gasteiger partial charge in [-0.2, -0.15) is 0 Å². The lowest BCUT2D eigenvalue weighted by Gasteiger charge is -2.35. The molecule has 1 aliphatic heterocycles. The molecule has 1 atom stereocenters. The predicted octanol–water partition coefficient (Wildman–Crippen LogP) is -5.16. The van der Waals surface area contributed by atoms with E-state index in [9.17, 15) is 5.11 Å². The molecule has 0 aromatic heterocycles. The van der Waals surface area contributed by atoms with Gasteiger partial charge in [0.2, 0.25) is 0 Å². The summed E-state index contributed by atoms with van der Waals surface area (Å²) in [7, 11) is 0. The number of aliphatic hydroxyl groups excluding tert-OH is 2. The quantitative estimate of drug-likeness (QED) is 0.458. The van der Waals surface area contributed by atoms with Crippen LogP contribution in [-0.4, -0.2) is 78.6 Å². The minimum Gasteiger partial charge on any atom is -1.00 e. The normalized spacial score (nSPS) is 17.0. The second-order valence-electron chi connectivity index (χ2n) is 5.66. The van der Waals surface area contributed by atoms with Crippen LogP contribution >= 0.6 is 11.6 Å². The van der Waals surface area contributed by atoms with Crippen LogP contribution in [0.2, 0.25) is 5.02 Å². The molecular weight excluding hydrogens is 375 g/mol. The maximum absolute atomic E-state index is 10.1. The van der Waals surface area contributed by atoms with Gasteiger partial charge in [-0.25, -0.2) is 0 Å². The first-order valence-electron chi connectivity index (χ1n) is 7.73. The maximum atomic E-state index is 10.1. The molecule has 8 heteroatoms. The second-order valence-corrected chi connectivity index (χ2v) is 6.10. The van der Waals surface area contributed by atoms with E-state index in [0.29, 0.717) is 24.8 Å². The molecular formula is C16H25Cl3N2O3-2. The molecule has 140 valence electrons. The second kappa shape index (κ2) is 13.1. The fourth-order valence-corrected chi connectivity index (χ4v) is 2.71. The minimum atomic E-state index is -0.475. The molecule has 0 bridgehead atoms. The zero-order valence-electron chi connectivity index (χ0n) is 13.6. The lowest BCUT2D eigenvalue weighted by molar-refractivity contribution is -0.00100. The van der Waals surface area contributed by atoms with E-state index in [0.717, 1.165) is 38.3 Å². The number of hydrogen-bond donors (Lipinski definition) is 2. The maximum Gasteiger partial charge on any atom is 0.0900 e. The van der Waals surface area contributed by atoms with Gasteiger partial charge in [0.1, 0.15) is 0 Å². The van der Waals surface area contributed by atoms with Gasteiger partial charge in [-0.15, -0.1) is 0 Å². The number of aliphatic hydroxyl groups is 2. The van der Waals surface area contributed by atoms with Gasteiger partial charge in [0.05, 0.1) is 25.9 Å². The average molecular weight is 400 g/mol. The molecule has 0 aliphatic carbocycles. The number of hydrogen-bond acceptors (Lipinski definition) is 5. The van der Waals surface area contributed by atoms with Gasteiger partial charge >= 0.3 is 0 Å². The van der Waals surface area contributed by atoms with Crippen molar-refractivity contribution >= 4 is 11.6 Å². The van der Waals surface area contributed by atoms with Crippen LogP contribution in [0.15, 0.2) is 24.3 Å². The Morgan fingerprint density at radius 2 is 1.62 bits per heavy atom. The Morgan fingerprint density at radius 1 is 1.04 bits per heavy atom. The summed E-state index contributed by atoms with van der Waals surface area (Å²) in [5.74, 6) is 0. The van der Waals surface area contributed by atoms with Crippen molar-refractivity contribution in [1.82, 2.24) is 9.80 Å². The number of benzene rings is 1. The van der Waals surface area contributed by atoms with E-state index >= 15 is 0 Å². The molecule has 1 aliphatic rings.